The van der Waals surface area contributed by atoms with Crippen LogP contribution in [-0.4, -0.2) is 29.6 Å². The largest absolute Gasteiger partial charge is 0.463 e. The topological polar surface area (TPSA) is 65.5 Å². The van der Waals surface area contributed by atoms with E-state index in [0.29, 0.717) is 17.9 Å². The van der Waals surface area contributed by atoms with Gasteiger partial charge in [-0.3, -0.25) is 0 Å². The third-order valence-electron chi connectivity index (χ3n) is 5.90. The third-order valence-corrected chi connectivity index (χ3v) is 5.90. The van der Waals surface area contributed by atoms with Crippen molar-refractivity contribution in [2.45, 2.75) is 32.3 Å². The molecule has 2 aromatic carbocycles. The number of hydrogen-bond donors (Lipinski definition) is 0. The predicted molar refractivity (Wildman–Crippen MR) is 118 cm³/mol. The highest BCUT2D eigenvalue weighted by Crippen LogP contribution is 2.39. The number of para-hydroxylation sites is 1. The van der Waals surface area contributed by atoms with Crippen molar-refractivity contribution in [3.8, 4) is 0 Å². The van der Waals surface area contributed by atoms with Gasteiger partial charge in [-0.15, -0.1) is 0 Å². The molecule has 5 nitrogen and oxygen atoms in total. The van der Waals surface area contributed by atoms with Gasteiger partial charge < -0.3 is 9.47 Å². The van der Waals surface area contributed by atoms with Crippen molar-refractivity contribution in [3.63, 3.8) is 0 Å². The molecule has 2 atom stereocenters. The second-order valence-electron chi connectivity index (χ2n) is 8.27. The van der Waals surface area contributed by atoms with Crippen LogP contribution in [0.1, 0.15) is 46.9 Å². The van der Waals surface area contributed by atoms with Crippen LogP contribution in [0.4, 0.5) is 0 Å². The van der Waals surface area contributed by atoms with E-state index < -0.39 is 18.0 Å². The molecule has 1 saturated heterocycles. The summed E-state index contributed by atoms with van der Waals surface area (Å²) >= 11 is 0. The molecule has 0 N–H and O–H groups in total. The standard InChI is InChI=1S/C26H23NO4/c1-16-13-18(15-17-7-3-2-4-8-17)24-20(14-16)23(19-9-5-6-10-21(19)27-24)26(29)31-22-11-12-30-25(22)28/h2-10,15-16,22H,11-14H2,1H3/b18-15+/t16-,22-/m0/s1. The summed E-state index contributed by atoms with van der Waals surface area (Å²) in [4.78, 5) is 30.2. The first-order valence-electron chi connectivity index (χ1n) is 10.7. The monoisotopic (exact) mass is 413 g/mol. The van der Waals surface area contributed by atoms with Crippen molar-refractivity contribution in [1.29, 1.82) is 0 Å². The highest BCUT2D eigenvalue weighted by atomic mass is 16.6. The summed E-state index contributed by atoms with van der Waals surface area (Å²) in [6.45, 7) is 2.47. The number of ether oxygens (including phenoxy) is 2. The van der Waals surface area contributed by atoms with Gasteiger partial charge in [0.2, 0.25) is 6.10 Å². The number of benzene rings is 2. The second kappa shape index (κ2) is 7.99. The molecule has 5 heteroatoms. The normalized spacial score (nSPS) is 21.7. The lowest BCUT2D eigenvalue weighted by molar-refractivity contribution is -0.145. The molecule has 1 aliphatic carbocycles. The quantitative estimate of drug-likeness (QED) is 0.576. The molecule has 2 heterocycles. The molecule has 0 spiro atoms. The number of pyridine rings is 1. The summed E-state index contributed by atoms with van der Waals surface area (Å²) in [5.74, 6) is -0.598. The lowest BCUT2D eigenvalue weighted by Gasteiger charge is -2.26. The molecule has 0 saturated carbocycles. The number of hydrogen-bond acceptors (Lipinski definition) is 5. The van der Waals surface area contributed by atoms with Crippen LogP contribution in [0.25, 0.3) is 22.6 Å². The molecule has 3 aromatic rings. The molecular formula is C26H23NO4. The van der Waals surface area contributed by atoms with Gasteiger partial charge in [0.05, 0.1) is 23.4 Å². The van der Waals surface area contributed by atoms with E-state index in [9.17, 15) is 9.59 Å². The maximum atomic E-state index is 13.3. The number of nitrogens with zero attached hydrogens (tertiary/aromatic N) is 1. The Morgan fingerprint density at radius 1 is 1.10 bits per heavy atom. The van der Waals surface area contributed by atoms with Crippen LogP contribution in [0.5, 0.6) is 0 Å². The number of carbonyl (C=O) groups is 2. The molecule has 1 aromatic heterocycles. The summed E-state index contributed by atoms with van der Waals surface area (Å²) in [5, 5.41) is 0.755. The van der Waals surface area contributed by atoms with Crippen molar-refractivity contribution >= 4 is 34.5 Å². The summed E-state index contributed by atoms with van der Waals surface area (Å²) in [6, 6.07) is 17.8. The average Bonchev–Trinajstić information content (AvgIpc) is 3.17. The minimum Gasteiger partial charge on any atom is -0.463 e. The van der Waals surface area contributed by atoms with E-state index in [4.69, 9.17) is 14.5 Å². The Morgan fingerprint density at radius 3 is 2.65 bits per heavy atom. The van der Waals surface area contributed by atoms with Crippen molar-refractivity contribution < 1.29 is 19.1 Å². The number of rotatable bonds is 3. The Bertz CT molecular complexity index is 1200. The zero-order valence-corrected chi connectivity index (χ0v) is 17.3. The van der Waals surface area contributed by atoms with Crippen LogP contribution in [0.15, 0.2) is 54.6 Å². The lowest BCUT2D eigenvalue weighted by Crippen LogP contribution is -2.25. The Morgan fingerprint density at radius 2 is 1.87 bits per heavy atom. The van der Waals surface area contributed by atoms with Gasteiger partial charge in [-0.2, -0.15) is 0 Å². The van der Waals surface area contributed by atoms with E-state index in [2.05, 4.69) is 25.1 Å². The molecule has 156 valence electrons. The van der Waals surface area contributed by atoms with Gasteiger partial charge in [-0.1, -0.05) is 55.5 Å². The maximum Gasteiger partial charge on any atom is 0.347 e. The van der Waals surface area contributed by atoms with Crippen molar-refractivity contribution in [2.75, 3.05) is 6.61 Å². The zero-order valence-electron chi connectivity index (χ0n) is 17.3. The molecule has 2 aliphatic rings. The molecule has 0 amide bonds. The zero-order chi connectivity index (χ0) is 21.4. The van der Waals surface area contributed by atoms with Gasteiger partial charge in [-0.25, -0.2) is 14.6 Å². The van der Waals surface area contributed by atoms with Crippen LogP contribution < -0.4 is 0 Å². The van der Waals surface area contributed by atoms with Gasteiger partial charge in [0, 0.05) is 11.8 Å². The van der Waals surface area contributed by atoms with Gasteiger partial charge in [-0.05, 0) is 47.6 Å². The van der Waals surface area contributed by atoms with Gasteiger partial charge in [0.1, 0.15) is 0 Å². The SMILES string of the molecule is C[C@H]1C/C(=C\c2ccccc2)c2nc3ccccc3c(C(=O)O[C@H]3CCOC3=O)c2C1. The first-order chi connectivity index (χ1) is 15.1. The second-order valence-corrected chi connectivity index (χ2v) is 8.27. The molecule has 0 bridgehead atoms. The number of cyclic esters (lactones) is 1. The fourth-order valence-corrected chi connectivity index (χ4v) is 4.49. The molecule has 1 aliphatic heterocycles. The molecule has 1 fully saturated rings. The molecule has 0 unspecified atom stereocenters. The first-order valence-corrected chi connectivity index (χ1v) is 10.7. The number of allylic oxidation sites excluding steroid dienone is 1. The van der Waals surface area contributed by atoms with Gasteiger partial charge >= 0.3 is 11.9 Å². The minimum atomic E-state index is -0.838. The average molecular weight is 413 g/mol. The smallest absolute Gasteiger partial charge is 0.347 e. The van der Waals surface area contributed by atoms with Gasteiger partial charge in [0.15, 0.2) is 0 Å². The number of carbonyl (C=O) groups excluding carboxylic acids is 2. The highest BCUT2D eigenvalue weighted by molar-refractivity contribution is 6.07. The summed E-state index contributed by atoms with van der Waals surface area (Å²) in [5.41, 5.74) is 5.23. The molecule has 0 radical (unpaired) electrons. The predicted octanol–water partition coefficient (Wildman–Crippen LogP) is 4.83. The van der Waals surface area contributed by atoms with Crippen molar-refractivity contribution in [3.05, 3.63) is 77.0 Å². The Kier molecular flexibility index (Phi) is 5.02. The number of aromatic nitrogens is 1. The van der Waals surface area contributed by atoms with E-state index in [1.807, 2.05) is 42.5 Å². The van der Waals surface area contributed by atoms with E-state index in [-0.39, 0.29) is 6.61 Å². The maximum absolute atomic E-state index is 13.3. The van der Waals surface area contributed by atoms with E-state index in [1.165, 1.54) is 0 Å². The van der Waals surface area contributed by atoms with Crippen molar-refractivity contribution in [2.24, 2.45) is 5.92 Å². The minimum absolute atomic E-state index is 0.285. The summed E-state index contributed by atoms with van der Waals surface area (Å²) < 4.78 is 10.6. The van der Waals surface area contributed by atoms with Crippen LogP contribution >= 0.6 is 0 Å². The molecule has 31 heavy (non-hydrogen) atoms. The third kappa shape index (κ3) is 3.72. The summed E-state index contributed by atoms with van der Waals surface area (Å²) in [7, 11) is 0. The lowest BCUT2D eigenvalue weighted by atomic mass is 9.80. The summed E-state index contributed by atoms with van der Waals surface area (Å²) in [6.07, 6.45) is 3.33. The fourth-order valence-electron chi connectivity index (χ4n) is 4.49. The Labute approximate surface area is 180 Å². The molecule has 5 rings (SSSR count). The first kappa shape index (κ1) is 19.5. The van der Waals surface area contributed by atoms with Crippen LogP contribution in [0.3, 0.4) is 0 Å². The Balaban J connectivity index is 1.67. The van der Waals surface area contributed by atoms with E-state index in [0.717, 1.165) is 46.1 Å². The highest BCUT2D eigenvalue weighted by Gasteiger charge is 2.34. The van der Waals surface area contributed by atoms with Crippen LogP contribution in [0.2, 0.25) is 0 Å². The number of fused-ring (bicyclic) bond motifs is 2. The fraction of sp³-hybridized carbons (Fsp3) is 0.269. The van der Waals surface area contributed by atoms with Gasteiger partial charge in [0.25, 0.3) is 0 Å². The van der Waals surface area contributed by atoms with Crippen LogP contribution in [0, 0.1) is 5.92 Å². The number of esters is 2. The van der Waals surface area contributed by atoms with E-state index in [1.54, 1.807) is 0 Å². The molecular weight excluding hydrogens is 390 g/mol. The van der Waals surface area contributed by atoms with E-state index >= 15 is 0 Å². The van der Waals surface area contributed by atoms with Crippen molar-refractivity contribution in [1.82, 2.24) is 4.98 Å². The van der Waals surface area contributed by atoms with Crippen LogP contribution in [-0.2, 0) is 20.7 Å². The Hall–Kier alpha value is -3.47.